The average molecular weight is 495 g/mol. The number of nitrogens with zero attached hydrogens (tertiary/aromatic N) is 4. The van der Waals surface area contributed by atoms with Crippen molar-refractivity contribution in [3.8, 4) is 0 Å². The molecule has 0 atom stereocenters. The number of nitrogens with one attached hydrogen (secondary N) is 1. The van der Waals surface area contributed by atoms with Gasteiger partial charge in [0.25, 0.3) is 0 Å². The van der Waals surface area contributed by atoms with Crippen LogP contribution in [0, 0.1) is 13.8 Å². The molecule has 0 aliphatic rings. The van der Waals surface area contributed by atoms with E-state index in [1.807, 2.05) is 62.5 Å². The lowest BCUT2D eigenvalue weighted by molar-refractivity contribution is 0.597. The zero-order valence-electron chi connectivity index (χ0n) is 19.6. The van der Waals surface area contributed by atoms with Crippen LogP contribution in [0.4, 0.5) is 5.82 Å². The van der Waals surface area contributed by atoms with Crippen LogP contribution >= 0.6 is 0 Å². The second kappa shape index (κ2) is 8.03. The van der Waals surface area contributed by atoms with Crippen LogP contribution in [0.25, 0.3) is 33.1 Å². The van der Waals surface area contributed by atoms with E-state index in [0.717, 1.165) is 27.6 Å². The third kappa shape index (κ3) is 3.36. The van der Waals surface area contributed by atoms with Crippen LogP contribution in [-0.4, -0.2) is 34.3 Å². The summed E-state index contributed by atoms with van der Waals surface area (Å²) in [5.74, 6) is -0.0466. The van der Waals surface area contributed by atoms with Gasteiger partial charge in [0.1, 0.15) is 16.2 Å². The summed E-state index contributed by atoms with van der Waals surface area (Å²) in [6.07, 6.45) is 3.47. The number of fused-ring (bicyclic) bond motifs is 3. The summed E-state index contributed by atoms with van der Waals surface area (Å²) in [7, 11) is -4.02. The fraction of sp³-hybridized carbons (Fsp3) is 0.0741. The number of aromatic nitrogens is 4. The first-order valence-electron chi connectivity index (χ1n) is 11.3. The van der Waals surface area contributed by atoms with Crippen molar-refractivity contribution in [1.29, 1.82) is 0 Å². The molecule has 8 nitrogen and oxygen atoms in total. The molecule has 0 bridgehead atoms. The van der Waals surface area contributed by atoms with Gasteiger partial charge in [-0.3, -0.25) is 0 Å². The minimum Gasteiger partial charge on any atom is -0.382 e. The van der Waals surface area contributed by atoms with E-state index < -0.39 is 9.84 Å². The Labute approximate surface area is 207 Å². The Morgan fingerprint density at radius 3 is 2.44 bits per heavy atom. The highest BCUT2D eigenvalue weighted by Crippen LogP contribution is 2.35. The van der Waals surface area contributed by atoms with Gasteiger partial charge in [-0.2, -0.15) is 9.78 Å². The fourth-order valence-corrected chi connectivity index (χ4v) is 5.89. The lowest BCUT2D eigenvalue weighted by Gasteiger charge is -2.07. The average Bonchev–Trinajstić information content (AvgIpc) is 3.40. The van der Waals surface area contributed by atoms with Crippen molar-refractivity contribution in [1.82, 2.24) is 19.6 Å². The van der Waals surface area contributed by atoms with Crippen molar-refractivity contribution in [2.75, 3.05) is 5.73 Å². The van der Waals surface area contributed by atoms with Gasteiger partial charge in [0, 0.05) is 22.7 Å². The lowest BCUT2D eigenvalue weighted by Crippen LogP contribution is -2.07. The molecule has 0 saturated heterocycles. The monoisotopic (exact) mass is 494 g/mol. The smallest absolute Gasteiger partial charge is 0.212 e. The second-order valence-electron chi connectivity index (χ2n) is 8.69. The largest absolute Gasteiger partial charge is 0.382 e. The van der Waals surface area contributed by atoms with Crippen molar-refractivity contribution in [3.63, 3.8) is 0 Å². The van der Waals surface area contributed by atoms with E-state index in [1.165, 1.54) is 4.68 Å². The Bertz CT molecular complexity index is 1950. The van der Waals surface area contributed by atoms with Crippen molar-refractivity contribution < 1.29 is 8.42 Å². The highest BCUT2D eigenvalue weighted by atomic mass is 32.2. The molecular formula is C27H22N6O2S. The molecule has 36 heavy (non-hydrogen) atoms. The Morgan fingerprint density at radius 1 is 0.944 bits per heavy atom. The number of nitrogen functional groups attached to an aromatic ring is 1. The van der Waals surface area contributed by atoms with Crippen LogP contribution in [-0.2, 0) is 9.84 Å². The number of anilines is 1. The lowest BCUT2D eigenvalue weighted by atomic mass is 10.1. The zero-order chi connectivity index (χ0) is 25.0. The minimum atomic E-state index is -4.02. The quantitative estimate of drug-likeness (QED) is 0.335. The number of para-hydroxylation sites is 3. The number of aromatic amines is 1. The van der Waals surface area contributed by atoms with E-state index in [9.17, 15) is 8.42 Å². The summed E-state index contributed by atoms with van der Waals surface area (Å²) in [5.41, 5.74) is 11.8. The third-order valence-electron chi connectivity index (χ3n) is 6.42. The predicted octanol–water partition coefficient (Wildman–Crippen LogP) is 4.98. The maximum Gasteiger partial charge on any atom is 0.212 e. The van der Waals surface area contributed by atoms with Gasteiger partial charge in [-0.15, -0.1) is 0 Å². The van der Waals surface area contributed by atoms with Gasteiger partial charge in [-0.1, -0.05) is 36.4 Å². The number of aryl methyl sites for hydroxylation is 2. The molecule has 3 N–H and O–H groups in total. The van der Waals surface area contributed by atoms with E-state index in [1.54, 1.807) is 30.5 Å². The first-order valence-corrected chi connectivity index (χ1v) is 12.8. The number of sulfone groups is 1. The molecule has 178 valence electrons. The summed E-state index contributed by atoms with van der Waals surface area (Å²) < 4.78 is 29.1. The van der Waals surface area contributed by atoms with E-state index >= 15 is 0 Å². The van der Waals surface area contributed by atoms with Crippen LogP contribution in [0.1, 0.15) is 16.7 Å². The van der Waals surface area contributed by atoms with Crippen molar-refractivity contribution in [2.24, 2.45) is 5.10 Å². The molecule has 0 aliphatic carbocycles. The molecule has 3 heterocycles. The molecule has 0 aliphatic heterocycles. The molecule has 9 heteroatoms. The first kappa shape index (κ1) is 22.0. The van der Waals surface area contributed by atoms with Gasteiger partial charge < -0.3 is 10.7 Å². The minimum absolute atomic E-state index is 0.0466. The molecular weight excluding hydrogens is 472 g/mol. The van der Waals surface area contributed by atoms with Gasteiger partial charge in [0.2, 0.25) is 9.84 Å². The van der Waals surface area contributed by atoms with Crippen LogP contribution in [0.15, 0.2) is 87.8 Å². The Morgan fingerprint density at radius 2 is 1.67 bits per heavy atom. The summed E-state index contributed by atoms with van der Waals surface area (Å²) >= 11 is 0. The molecule has 3 aromatic heterocycles. The number of hydrogen-bond acceptors (Lipinski definition) is 6. The van der Waals surface area contributed by atoms with Crippen LogP contribution in [0.5, 0.6) is 0 Å². The SMILES string of the molecule is Cc1ccc(S(=O)(=O)c2c(N)n(N=Cc3c[nH]c4ccccc34)c3nc4ccccc4nc23)cc1C. The van der Waals surface area contributed by atoms with Gasteiger partial charge in [-0.25, -0.2) is 18.4 Å². The highest BCUT2D eigenvalue weighted by molar-refractivity contribution is 7.92. The number of hydrogen-bond donors (Lipinski definition) is 2. The number of rotatable bonds is 4. The summed E-state index contributed by atoms with van der Waals surface area (Å²) in [6.45, 7) is 3.81. The van der Waals surface area contributed by atoms with Crippen LogP contribution < -0.4 is 5.73 Å². The third-order valence-corrected chi connectivity index (χ3v) is 8.23. The summed E-state index contributed by atoms with van der Waals surface area (Å²) in [6, 6.07) is 20.1. The molecule has 0 radical (unpaired) electrons. The van der Waals surface area contributed by atoms with Gasteiger partial charge in [0.05, 0.1) is 22.1 Å². The number of H-pyrrole nitrogens is 1. The van der Waals surface area contributed by atoms with Gasteiger partial charge in [0.15, 0.2) is 5.65 Å². The summed E-state index contributed by atoms with van der Waals surface area (Å²) in [5, 5.41) is 5.55. The van der Waals surface area contributed by atoms with Gasteiger partial charge in [-0.05, 0) is 55.3 Å². The van der Waals surface area contributed by atoms with E-state index in [0.29, 0.717) is 11.0 Å². The Balaban J connectivity index is 1.62. The molecule has 6 aromatic rings. The number of nitrogens with two attached hydrogens (primary N) is 1. The molecule has 0 unspecified atom stereocenters. The molecule has 6 rings (SSSR count). The maximum absolute atomic E-state index is 13.9. The van der Waals surface area contributed by atoms with Gasteiger partial charge >= 0.3 is 0 Å². The molecule has 3 aromatic carbocycles. The van der Waals surface area contributed by atoms with Crippen molar-refractivity contribution in [2.45, 2.75) is 23.6 Å². The van der Waals surface area contributed by atoms with Crippen molar-refractivity contribution >= 4 is 55.0 Å². The zero-order valence-corrected chi connectivity index (χ0v) is 20.4. The Kier molecular flexibility index (Phi) is 4.90. The van der Waals surface area contributed by atoms with E-state index in [-0.39, 0.29) is 26.8 Å². The van der Waals surface area contributed by atoms with Crippen LogP contribution in [0.2, 0.25) is 0 Å². The van der Waals surface area contributed by atoms with Crippen LogP contribution in [0.3, 0.4) is 0 Å². The molecule has 0 fully saturated rings. The Hall–Kier alpha value is -4.50. The highest BCUT2D eigenvalue weighted by Gasteiger charge is 2.30. The predicted molar refractivity (Wildman–Crippen MR) is 142 cm³/mol. The van der Waals surface area contributed by atoms with E-state index in [2.05, 4.69) is 15.1 Å². The molecule has 0 saturated carbocycles. The normalized spacial score (nSPS) is 12.4. The topological polar surface area (TPSA) is 119 Å². The first-order chi connectivity index (χ1) is 17.3. The van der Waals surface area contributed by atoms with E-state index in [4.69, 9.17) is 10.7 Å². The number of benzene rings is 3. The standard InChI is InChI=1S/C27H22N6O2S/c1-16-11-12-19(13-17(16)2)36(34,35)25-24-27(32-23-10-6-5-9-22(23)31-24)33(26(25)28)30-15-18-14-29-21-8-4-3-7-20(18)21/h3-15,29H,28H2,1-2H3. The maximum atomic E-state index is 13.9. The molecule has 0 amide bonds. The molecule has 0 spiro atoms. The van der Waals surface area contributed by atoms with Crippen molar-refractivity contribution in [3.05, 3.63) is 89.6 Å². The summed E-state index contributed by atoms with van der Waals surface area (Å²) in [4.78, 5) is 12.6. The fourth-order valence-electron chi connectivity index (χ4n) is 4.32. The second-order valence-corrected chi connectivity index (χ2v) is 10.6.